The quantitative estimate of drug-likeness (QED) is 0.830. The van der Waals surface area contributed by atoms with Crippen molar-refractivity contribution in [2.75, 3.05) is 19.3 Å². The fourth-order valence-electron chi connectivity index (χ4n) is 1.21. The second-order valence-electron chi connectivity index (χ2n) is 4.25. The molecule has 1 rings (SSSR count). The van der Waals surface area contributed by atoms with E-state index < -0.39 is 0 Å². The Balaban J connectivity index is 2.60. The highest BCUT2D eigenvalue weighted by molar-refractivity contribution is 5.92. The third kappa shape index (κ3) is 3.49. The number of rotatable bonds is 4. The lowest BCUT2D eigenvalue weighted by Crippen LogP contribution is -2.29. The predicted octanol–water partition coefficient (Wildman–Crippen LogP) is 1.18. The Morgan fingerprint density at radius 3 is 2.62 bits per heavy atom. The SMILES string of the molecule is CC(C)CCN(C)C(=O)c1ccc(N)nn1. The topological polar surface area (TPSA) is 72.1 Å². The molecule has 0 aliphatic carbocycles. The summed E-state index contributed by atoms with van der Waals surface area (Å²) in [5.41, 5.74) is 5.74. The molecule has 0 bridgehead atoms. The minimum Gasteiger partial charge on any atom is -0.382 e. The zero-order valence-corrected chi connectivity index (χ0v) is 9.97. The summed E-state index contributed by atoms with van der Waals surface area (Å²) in [6.07, 6.45) is 0.977. The number of nitrogens with zero attached hydrogens (tertiary/aromatic N) is 3. The fraction of sp³-hybridized carbons (Fsp3) is 0.545. The Bertz CT molecular complexity index is 348. The number of carbonyl (C=O) groups excluding carboxylic acids is 1. The normalized spacial score (nSPS) is 10.5. The maximum absolute atomic E-state index is 11.9. The summed E-state index contributed by atoms with van der Waals surface area (Å²) >= 11 is 0. The van der Waals surface area contributed by atoms with Gasteiger partial charge in [-0.15, -0.1) is 10.2 Å². The standard InChI is InChI=1S/C11H18N4O/c1-8(2)6-7-15(3)11(16)9-4-5-10(12)14-13-9/h4-5,8H,6-7H2,1-3H3,(H2,12,14). The van der Waals surface area contributed by atoms with Gasteiger partial charge in [0.15, 0.2) is 5.69 Å². The molecule has 0 aliphatic heterocycles. The van der Waals surface area contributed by atoms with Gasteiger partial charge in [0, 0.05) is 13.6 Å². The molecular formula is C11H18N4O. The number of nitrogen functional groups attached to an aromatic ring is 1. The van der Waals surface area contributed by atoms with Crippen molar-refractivity contribution in [2.45, 2.75) is 20.3 Å². The van der Waals surface area contributed by atoms with Crippen LogP contribution in [0.3, 0.4) is 0 Å². The van der Waals surface area contributed by atoms with Crippen LogP contribution in [-0.4, -0.2) is 34.6 Å². The highest BCUT2D eigenvalue weighted by Gasteiger charge is 2.13. The van der Waals surface area contributed by atoms with Crippen molar-refractivity contribution < 1.29 is 4.79 Å². The second-order valence-corrected chi connectivity index (χ2v) is 4.25. The Kier molecular flexibility index (Phi) is 4.22. The van der Waals surface area contributed by atoms with Crippen molar-refractivity contribution in [3.05, 3.63) is 17.8 Å². The highest BCUT2D eigenvalue weighted by Crippen LogP contribution is 2.05. The van der Waals surface area contributed by atoms with Crippen LogP contribution in [0.25, 0.3) is 0 Å². The minimum atomic E-state index is -0.117. The van der Waals surface area contributed by atoms with Crippen molar-refractivity contribution in [2.24, 2.45) is 5.92 Å². The van der Waals surface area contributed by atoms with Crippen LogP contribution in [0.1, 0.15) is 30.8 Å². The van der Waals surface area contributed by atoms with E-state index in [9.17, 15) is 4.79 Å². The molecule has 0 aromatic carbocycles. The van der Waals surface area contributed by atoms with E-state index in [1.807, 2.05) is 0 Å². The van der Waals surface area contributed by atoms with Gasteiger partial charge in [0.2, 0.25) is 0 Å². The number of anilines is 1. The van der Waals surface area contributed by atoms with Crippen molar-refractivity contribution in [1.82, 2.24) is 15.1 Å². The van der Waals surface area contributed by atoms with E-state index in [-0.39, 0.29) is 5.91 Å². The average Bonchev–Trinajstić information content (AvgIpc) is 2.26. The molecule has 0 saturated carbocycles. The molecule has 5 heteroatoms. The van der Waals surface area contributed by atoms with Crippen molar-refractivity contribution in [3.8, 4) is 0 Å². The Morgan fingerprint density at radius 1 is 1.44 bits per heavy atom. The lowest BCUT2D eigenvalue weighted by Gasteiger charge is -2.17. The van der Waals surface area contributed by atoms with E-state index in [1.165, 1.54) is 0 Å². The van der Waals surface area contributed by atoms with Crippen molar-refractivity contribution in [3.63, 3.8) is 0 Å². The first kappa shape index (κ1) is 12.4. The minimum absolute atomic E-state index is 0.117. The van der Waals surface area contributed by atoms with Crippen molar-refractivity contribution in [1.29, 1.82) is 0 Å². The van der Waals surface area contributed by atoms with Gasteiger partial charge in [-0.05, 0) is 24.5 Å². The highest BCUT2D eigenvalue weighted by atomic mass is 16.2. The lowest BCUT2D eigenvalue weighted by atomic mass is 10.1. The number of amides is 1. The van der Waals surface area contributed by atoms with E-state index in [4.69, 9.17) is 5.73 Å². The molecule has 0 aliphatic rings. The molecule has 88 valence electrons. The average molecular weight is 222 g/mol. The lowest BCUT2D eigenvalue weighted by molar-refractivity contribution is 0.0782. The van der Waals surface area contributed by atoms with Crippen LogP contribution in [0.4, 0.5) is 5.82 Å². The summed E-state index contributed by atoms with van der Waals surface area (Å²) in [7, 11) is 1.77. The molecule has 1 aromatic heterocycles. The smallest absolute Gasteiger partial charge is 0.274 e. The molecule has 1 amide bonds. The summed E-state index contributed by atoms with van der Waals surface area (Å²) in [4.78, 5) is 13.5. The Morgan fingerprint density at radius 2 is 2.12 bits per heavy atom. The summed E-state index contributed by atoms with van der Waals surface area (Å²) < 4.78 is 0. The third-order valence-corrected chi connectivity index (χ3v) is 2.29. The maximum Gasteiger partial charge on any atom is 0.274 e. The van der Waals surface area contributed by atoms with Crippen LogP contribution in [-0.2, 0) is 0 Å². The molecule has 0 unspecified atom stereocenters. The number of carbonyl (C=O) groups is 1. The van der Waals surface area contributed by atoms with Gasteiger partial charge in [-0.2, -0.15) is 0 Å². The maximum atomic E-state index is 11.9. The molecule has 2 N–H and O–H groups in total. The Hall–Kier alpha value is -1.65. The first-order valence-electron chi connectivity index (χ1n) is 5.35. The van der Waals surface area contributed by atoms with Gasteiger partial charge in [-0.1, -0.05) is 13.8 Å². The molecular weight excluding hydrogens is 204 g/mol. The number of hydrogen-bond donors (Lipinski definition) is 1. The summed E-state index contributed by atoms with van der Waals surface area (Å²) in [5.74, 6) is 0.780. The molecule has 5 nitrogen and oxygen atoms in total. The molecule has 1 aromatic rings. The van der Waals surface area contributed by atoms with Gasteiger partial charge in [0.1, 0.15) is 5.82 Å². The number of aromatic nitrogens is 2. The van der Waals surface area contributed by atoms with Crippen molar-refractivity contribution >= 4 is 11.7 Å². The van der Waals surface area contributed by atoms with Crippen LogP contribution < -0.4 is 5.73 Å². The third-order valence-electron chi connectivity index (χ3n) is 2.29. The van der Waals surface area contributed by atoms with Crippen LogP contribution in [0.15, 0.2) is 12.1 Å². The first-order chi connectivity index (χ1) is 7.50. The van der Waals surface area contributed by atoms with Gasteiger partial charge >= 0.3 is 0 Å². The molecule has 0 fully saturated rings. The summed E-state index contributed by atoms with van der Waals surface area (Å²) in [6.45, 7) is 4.98. The van der Waals surface area contributed by atoms with Crippen LogP contribution >= 0.6 is 0 Å². The molecule has 0 radical (unpaired) electrons. The molecule has 1 heterocycles. The van der Waals surface area contributed by atoms with Gasteiger partial charge in [0.05, 0.1) is 0 Å². The van der Waals surface area contributed by atoms with E-state index in [0.29, 0.717) is 17.4 Å². The van der Waals surface area contributed by atoms with E-state index >= 15 is 0 Å². The zero-order chi connectivity index (χ0) is 12.1. The molecule has 0 saturated heterocycles. The second kappa shape index (κ2) is 5.44. The van der Waals surface area contributed by atoms with E-state index in [0.717, 1.165) is 13.0 Å². The van der Waals surface area contributed by atoms with Crippen LogP contribution in [0, 0.1) is 5.92 Å². The van der Waals surface area contributed by atoms with E-state index in [1.54, 1.807) is 24.1 Å². The Labute approximate surface area is 95.7 Å². The molecule has 0 spiro atoms. The van der Waals surface area contributed by atoms with Crippen LogP contribution in [0.5, 0.6) is 0 Å². The predicted molar refractivity (Wildman–Crippen MR) is 62.9 cm³/mol. The number of hydrogen-bond acceptors (Lipinski definition) is 4. The van der Waals surface area contributed by atoms with Crippen LogP contribution in [0.2, 0.25) is 0 Å². The fourth-order valence-corrected chi connectivity index (χ4v) is 1.21. The molecule has 0 atom stereocenters. The largest absolute Gasteiger partial charge is 0.382 e. The van der Waals surface area contributed by atoms with Gasteiger partial charge in [-0.25, -0.2) is 0 Å². The summed E-state index contributed by atoms with van der Waals surface area (Å²) in [6, 6.07) is 3.17. The van der Waals surface area contributed by atoms with Gasteiger partial charge in [-0.3, -0.25) is 4.79 Å². The van der Waals surface area contributed by atoms with Gasteiger partial charge in [0.25, 0.3) is 5.91 Å². The zero-order valence-electron chi connectivity index (χ0n) is 9.97. The van der Waals surface area contributed by atoms with Gasteiger partial charge < -0.3 is 10.6 Å². The summed E-state index contributed by atoms with van der Waals surface area (Å²) in [5, 5.41) is 7.42. The first-order valence-corrected chi connectivity index (χ1v) is 5.35. The number of nitrogens with two attached hydrogens (primary N) is 1. The monoisotopic (exact) mass is 222 g/mol. The molecule has 16 heavy (non-hydrogen) atoms. The van der Waals surface area contributed by atoms with E-state index in [2.05, 4.69) is 24.0 Å².